The third-order valence-corrected chi connectivity index (χ3v) is 4.07. The van der Waals surface area contributed by atoms with E-state index >= 15 is 0 Å². The standard InChI is InChI=1S/C18H12F3N3O2/c1-11-4-2-3-5-13(11)24-15-10-12(26-18(19,20)21)6-7-14(15)23-9-8-22-16(23)17(24)25/h2-10H,1H3. The zero-order chi connectivity index (χ0) is 18.5. The molecule has 0 aliphatic heterocycles. The lowest BCUT2D eigenvalue weighted by Crippen LogP contribution is -2.23. The lowest BCUT2D eigenvalue weighted by Gasteiger charge is -2.16. The molecule has 0 saturated carbocycles. The van der Waals surface area contributed by atoms with E-state index in [1.807, 2.05) is 19.1 Å². The van der Waals surface area contributed by atoms with Crippen LogP contribution in [-0.4, -0.2) is 20.3 Å². The second-order valence-electron chi connectivity index (χ2n) is 5.75. The Kier molecular flexibility index (Phi) is 3.50. The Hall–Kier alpha value is -3.29. The SMILES string of the molecule is Cc1ccccc1-n1c(=O)c2nccn2c2ccc(OC(F)(F)F)cc21. The molecule has 26 heavy (non-hydrogen) atoms. The molecule has 0 unspecified atom stereocenters. The minimum Gasteiger partial charge on any atom is -0.406 e. The summed E-state index contributed by atoms with van der Waals surface area (Å²) < 4.78 is 44.7. The fourth-order valence-electron chi connectivity index (χ4n) is 3.00. The molecule has 0 aliphatic rings. The number of ether oxygens (including phenoxy) is 1. The summed E-state index contributed by atoms with van der Waals surface area (Å²) in [6.07, 6.45) is -1.76. The quantitative estimate of drug-likeness (QED) is 0.546. The van der Waals surface area contributed by atoms with E-state index in [-0.39, 0.29) is 11.2 Å². The summed E-state index contributed by atoms with van der Waals surface area (Å²) in [6.45, 7) is 1.82. The Morgan fingerprint density at radius 2 is 1.85 bits per heavy atom. The average Bonchev–Trinajstić information content (AvgIpc) is 3.05. The van der Waals surface area contributed by atoms with E-state index in [0.717, 1.165) is 5.56 Å². The molecule has 0 bridgehead atoms. The number of aromatic nitrogens is 3. The summed E-state index contributed by atoms with van der Waals surface area (Å²) in [4.78, 5) is 17.1. The van der Waals surface area contributed by atoms with Gasteiger partial charge in [0.15, 0.2) is 0 Å². The van der Waals surface area contributed by atoms with Crippen LogP contribution in [0.15, 0.2) is 59.7 Å². The van der Waals surface area contributed by atoms with Crippen molar-refractivity contribution in [1.29, 1.82) is 0 Å². The predicted octanol–water partition coefficient (Wildman–Crippen LogP) is 3.85. The maximum Gasteiger partial charge on any atom is 0.573 e. The Balaban J connectivity index is 2.12. The lowest BCUT2D eigenvalue weighted by atomic mass is 10.2. The van der Waals surface area contributed by atoms with Crippen LogP contribution in [0.3, 0.4) is 0 Å². The fraction of sp³-hybridized carbons (Fsp3) is 0.111. The highest BCUT2D eigenvalue weighted by molar-refractivity contribution is 5.81. The van der Waals surface area contributed by atoms with Crippen LogP contribution in [0.4, 0.5) is 13.2 Å². The first-order valence-corrected chi connectivity index (χ1v) is 7.69. The minimum absolute atomic E-state index is 0.185. The van der Waals surface area contributed by atoms with E-state index in [1.165, 1.54) is 29.0 Å². The summed E-state index contributed by atoms with van der Waals surface area (Å²) in [6, 6.07) is 11.0. The highest BCUT2D eigenvalue weighted by atomic mass is 19.4. The van der Waals surface area contributed by atoms with Crippen molar-refractivity contribution < 1.29 is 17.9 Å². The van der Waals surface area contributed by atoms with Crippen molar-refractivity contribution in [3.05, 3.63) is 70.8 Å². The first-order chi connectivity index (χ1) is 12.3. The summed E-state index contributed by atoms with van der Waals surface area (Å²) in [5, 5.41) is 0. The molecule has 0 fully saturated rings. The van der Waals surface area contributed by atoms with Crippen LogP contribution in [0.5, 0.6) is 5.75 Å². The smallest absolute Gasteiger partial charge is 0.406 e. The van der Waals surface area contributed by atoms with Crippen molar-refractivity contribution >= 4 is 16.7 Å². The molecular weight excluding hydrogens is 347 g/mol. The van der Waals surface area contributed by atoms with Gasteiger partial charge in [-0.1, -0.05) is 18.2 Å². The van der Waals surface area contributed by atoms with Crippen molar-refractivity contribution in [3.63, 3.8) is 0 Å². The number of benzene rings is 2. The van der Waals surface area contributed by atoms with Crippen LogP contribution < -0.4 is 10.3 Å². The maximum absolute atomic E-state index is 13.0. The van der Waals surface area contributed by atoms with Gasteiger partial charge in [-0.05, 0) is 30.7 Å². The van der Waals surface area contributed by atoms with Crippen molar-refractivity contribution in [2.45, 2.75) is 13.3 Å². The number of halogens is 3. The van der Waals surface area contributed by atoms with E-state index in [4.69, 9.17) is 0 Å². The fourth-order valence-corrected chi connectivity index (χ4v) is 3.00. The summed E-state index contributed by atoms with van der Waals surface area (Å²) in [5.74, 6) is -0.397. The van der Waals surface area contributed by atoms with Crippen molar-refractivity contribution in [1.82, 2.24) is 14.0 Å². The van der Waals surface area contributed by atoms with Crippen LogP contribution in [0.1, 0.15) is 5.56 Å². The molecule has 4 rings (SSSR count). The van der Waals surface area contributed by atoms with Crippen LogP contribution in [-0.2, 0) is 0 Å². The van der Waals surface area contributed by atoms with E-state index in [9.17, 15) is 18.0 Å². The molecule has 0 aliphatic carbocycles. The maximum atomic E-state index is 13.0. The zero-order valence-electron chi connectivity index (χ0n) is 13.5. The molecule has 2 heterocycles. The van der Waals surface area contributed by atoms with E-state index in [1.54, 1.807) is 22.7 Å². The van der Waals surface area contributed by atoms with Gasteiger partial charge >= 0.3 is 6.36 Å². The molecule has 0 spiro atoms. The van der Waals surface area contributed by atoms with Crippen molar-refractivity contribution in [3.8, 4) is 11.4 Å². The van der Waals surface area contributed by atoms with Gasteiger partial charge in [0, 0.05) is 18.5 Å². The highest BCUT2D eigenvalue weighted by Gasteiger charge is 2.31. The molecule has 0 radical (unpaired) electrons. The number of nitrogens with zero attached hydrogens (tertiary/aromatic N) is 3. The topological polar surface area (TPSA) is 48.5 Å². The monoisotopic (exact) mass is 359 g/mol. The molecule has 4 aromatic rings. The summed E-state index contributed by atoms with van der Waals surface area (Å²) >= 11 is 0. The first kappa shape index (κ1) is 16.2. The third kappa shape index (κ3) is 2.59. The largest absolute Gasteiger partial charge is 0.573 e. The van der Waals surface area contributed by atoms with E-state index in [2.05, 4.69) is 9.72 Å². The number of hydrogen-bond acceptors (Lipinski definition) is 3. The number of imidazole rings is 1. The van der Waals surface area contributed by atoms with Gasteiger partial charge < -0.3 is 4.74 Å². The number of alkyl halides is 3. The van der Waals surface area contributed by atoms with Gasteiger partial charge in [-0.25, -0.2) is 4.98 Å². The molecule has 2 aromatic carbocycles. The molecule has 0 atom stereocenters. The molecule has 8 heteroatoms. The molecule has 132 valence electrons. The number of para-hydroxylation sites is 1. The van der Waals surface area contributed by atoms with Gasteiger partial charge in [-0.15, -0.1) is 13.2 Å². The Morgan fingerprint density at radius 1 is 1.08 bits per heavy atom. The lowest BCUT2D eigenvalue weighted by molar-refractivity contribution is -0.274. The number of fused-ring (bicyclic) bond motifs is 3. The summed E-state index contributed by atoms with van der Waals surface area (Å²) in [5.41, 5.74) is 1.95. The zero-order valence-corrected chi connectivity index (χ0v) is 13.5. The van der Waals surface area contributed by atoms with Gasteiger partial charge in [0.2, 0.25) is 5.65 Å². The minimum atomic E-state index is -4.82. The Bertz CT molecular complexity index is 1190. The van der Waals surface area contributed by atoms with Gasteiger partial charge in [-0.2, -0.15) is 0 Å². The van der Waals surface area contributed by atoms with E-state index in [0.29, 0.717) is 11.2 Å². The third-order valence-electron chi connectivity index (χ3n) is 4.07. The Labute approximate surface area is 144 Å². The highest BCUT2D eigenvalue weighted by Crippen LogP contribution is 2.28. The second kappa shape index (κ2) is 5.62. The summed E-state index contributed by atoms with van der Waals surface area (Å²) in [7, 11) is 0. The molecule has 5 nitrogen and oxygen atoms in total. The molecule has 2 aromatic heterocycles. The molecular formula is C18H12F3N3O2. The number of hydrogen-bond donors (Lipinski definition) is 0. The predicted molar refractivity (Wildman–Crippen MR) is 89.7 cm³/mol. The number of rotatable bonds is 2. The second-order valence-corrected chi connectivity index (χ2v) is 5.75. The first-order valence-electron chi connectivity index (χ1n) is 7.69. The Morgan fingerprint density at radius 3 is 2.58 bits per heavy atom. The van der Waals surface area contributed by atoms with Gasteiger partial charge in [0.25, 0.3) is 5.56 Å². The molecule has 0 N–H and O–H groups in total. The normalized spacial score (nSPS) is 12.0. The van der Waals surface area contributed by atoms with Crippen LogP contribution >= 0.6 is 0 Å². The molecule has 0 amide bonds. The average molecular weight is 359 g/mol. The van der Waals surface area contributed by atoms with Crippen molar-refractivity contribution in [2.75, 3.05) is 0 Å². The molecule has 0 saturated heterocycles. The van der Waals surface area contributed by atoms with Gasteiger partial charge in [-0.3, -0.25) is 13.8 Å². The number of aryl methyl sites for hydroxylation is 1. The van der Waals surface area contributed by atoms with Gasteiger partial charge in [0.1, 0.15) is 5.75 Å². The van der Waals surface area contributed by atoms with Crippen LogP contribution in [0.25, 0.3) is 22.4 Å². The van der Waals surface area contributed by atoms with Crippen LogP contribution in [0, 0.1) is 6.92 Å². The van der Waals surface area contributed by atoms with Crippen molar-refractivity contribution in [2.24, 2.45) is 0 Å². The van der Waals surface area contributed by atoms with E-state index < -0.39 is 17.7 Å². The van der Waals surface area contributed by atoms with Crippen LogP contribution in [0.2, 0.25) is 0 Å². The van der Waals surface area contributed by atoms with Gasteiger partial charge in [0.05, 0.1) is 16.7 Å².